The number of halogens is 1. The first kappa shape index (κ1) is 22.0. The average Bonchev–Trinajstić information content (AvgIpc) is 3.26. The maximum atomic E-state index is 13.4. The molecule has 0 fully saturated rings. The van der Waals surface area contributed by atoms with E-state index in [0.717, 1.165) is 33.1 Å². The Bertz CT molecular complexity index is 1380. The zero-order valence-corrected chi connectivity index (χ0v) is 19.6. The number of nitrogens with zero attached hydrogens (tertiary/aromatic N) is 2. The van der Waals surface area contributed by atoms with Gasteiger partial charge in [-0.2, -0.15) is 0 Å². The van der Waals surface area contributed by atoms with Crippen molar-refractivity contribution in [3.05, 3.63) is 82.2 Å². The Hall–Kier alpha value is -3.78. The third-order valence-corrected chi connectivity index (χ3v) is 6.34. The summed E-state index contributed by atoms with van der Waals surface area (Å²) >= 11 is 1.52. The quantitative estimate of drug-likeness (QED) is 0.371. The van der Waals surface area contributed by atoms with Crippen LogP contribution in [0.15, 0.2) is 71.0 Å². The highest BCUT2D eigenvalue weighted by Crippen LogP contribution is 2.35. The van der Waals surface area contributed by atoms with Gasteiger partial charge in [0.05, 0.1) is 32.1 Å². The van der Waals surface area contributed by atoms with Crippen LogP contribution in [0.1, 0.15) is 5.56 Å². The zero-order valence-electron chi connectivity index (χ0n) is 18.8. The van der Waals surface area contributed by atoms with Crippen molar-refractivity contribution in [3.63, 3.8) is 0 Å². The molecular formula is C26H23FN2O4S. The molecule has 0 amide bonds. The number of hydrogen-bond acceptors (Lipinski definition) is 6. The van der Waals surface area contributed by atoms with Crippen molar-refractivity contribution in [2.75, 3.05) is 27.4 Å². The first-order chi connectivity index (χ1) is 16.6. The average molecular weight is 479 g/mol. The Labute approximate surface area is 200 Å². The molecule has 6 nitrogen and oxygen atoms in total. The van der Waals surface area contributed by atoms with Crippen molar-refractivity contribution >= 4 is 17.0 Å². The molecule has 0 saturated carbocycles. The number of rotatable bonds is 6. The van der Waals surface area contributed by atoms with Crippen molar-refractivity contribution in [3.8, 4) is 34.3 Å². The largest absolute Gasteiger partial charge is 0.493 e. The molecule has 174 valence electrons. The summed E-state index contributed by atoms with van der Waals surface area (Å²) in [4.78, 5) is 5.57. The van der Waals surface area contributed by atoms with E-state index in [2.05, 4.69) is 9.95 Å². The van der Waals surface area contributed by atoms with Crippen molar-refractivity contribution in [1.82, 2.24) is 4.57 Å². The summed E-state index contributed by atoms with van der Waals surface area (Å²) in [6.45, 7) is 1.62. The smallest absolute Gasteiger partial charge is 0.190 e. The van der Waals surface area contributed by atoms with Crippen LogP contribution < -0.4 is 23.7 Å². The molecule has 4 aromatic rings. The molecule has 5 rings (SSSR count). The number of methoxy groups -OCH3 is 2. The van der Waals surface area contributed by atoms with E-state index >= 15 is 0 Å². The second-order valence-corrected chi connectivity index (χ2v) is 8.46. The van der Waals surface area contributed by atoms with Gasteiger partial charge in [-0.05, 0) is 60.2 Å². The molecule has 34 heavy (non-hydrogen) atoms. The number of thiazole rings is 1. The van der Waals surface area contributed by atoms with Crippen LogP contribution in [0.2, 0.25) is 0 Å². The van der Waals surface area contributed by atoms with Gasteiger partial charge < -0.3 is 23.5 Å². The Morgan fingerprint density at radius 2 is 1.68 bits per heavy atom. The molecule has 0 aliphatic carbocycles. The second-order valence-electron chi connectivity index (χ2n) is 7.63. The molecule has 0 spiro atoms. The summed E-state index contributed by atoms with van der Waals surface area (Å²) < 4.78 is 37.9. The van der Waals surface area contributed by atoms with Crippen LogP contribution in [-0.4, -0.2) is 32.0 Å². The molecule has 2 heterocycles. The number of benzene rings is 3. The number of hydrogen-bond donors (Lipinski definition) is 0. The molecule has 0 N–H and O–H groups in total. The minimum Gasteiger partial charge on any atom is -0.493 e. The van der Waals surface area contributed by atoms with Crippen LogP contribution in [0.3, 0.4) is 0 Å². The Kier molecular flexibility index (Phi) is 6.22. The summed E-state index contributed by atoms with van der Waals surface area (Å²) in [6.07, 6.45) is 0. The SMILES string of the molecule is COc1ccc(Cn2c(-c3ccc4c(c3)OCCO4)csc2=Nc2ccc(F)cc2)cc1OC. The van der Waals surface area contributed by atoms with E-state index in [1.165, 1.54) is 23.5 Å². The molecule has 3 aromatic carbocycles. The monoisotopic (exact) mass is 478 g/mol. The molecule has 1 aromatic heterocycles. The second kappa shape index (κ2) is 9.61. The number of aromatic nitrogens is 1. The first-order valence-corrected chi connectivity index (χ1v) is 11.6. The maximum absolute atomic E-state index is 13.4. The zero-order chi connectivity index (χ0) is 23.5. The minimum atomic E-state index is -0.291. The third-order valence-electron chi connectivity index (χ3n) is 5.48. The van der Waals surface area contributed by atoms with Crippen LogP contribution in [0.25, 0.3) is 11.3 Å². The third kappa shape index (κ3) is 4.49. The predicted molar refractivity (Wildman–Crippen MR) is 129 cm³/mol. The summed E-state index contributed by atoms with van der Waals surface area (Å²) in [5.74, 6) is 2.51. The maximum Gasteiger partial charge on any atom is 0.190 e. The van der Waals surface area contributed by atoms with Gasteiger partial charge in [-0.25, -0.2) is 9.38 Å². The fourth-order valence-electron chi connectivity index (χ4n) is 3.79. The van der Waals surface area contributed by atoms with Crippen LogP contribution in [0.4, 0.5) is 10.1 Å². The summed E-state index contributed by atoms with van der Waals surface area (Å²) in [7, 11) is 3.24. The topological polar surface area (TPSA) is 54.2 Å². The molecule has 1 aliphatic rings. The molecule has 0 bridgehead atoms. The van der Waals surface area contributed by atoms with E-state index in [1.807, 2.05) is 36.4 Å². The lowest BCUT2D eigenvalue weighted by Gasteiger charge is -2.19. The van der Waals surface area contributed by atoms with Crippen LogP contribution in [0, 0.1) is 5.82 Å². The van der Waals surface area contributed by atoms with Gasteiger partial charge >= 0.3 is 0 Å². The molecule has 0 saturated heterocycles. The highest BCUT2D eigenvalue weighted by Gasteiger charge is 2.16. The van der Waals surface area contributed by atoms with E-state index in [9.17, 15) is 4.39 Å². The predicted octanol–water partition coefficient (Wildman–Crippen LogP) is 5.42. The molecular weight excluding hydrogens is 455 g/mol. The normalized spacial score (nSPS) is 13.1. The highest BCUT2D eigenvalue weighted by atomic mass is 32.1. The van der Waals surface area contributed by atoms with Gasteiger partial charge in [-0.15, -0.1) is 11.3 Å². The lowest BCUT2D eigenvalue weighted by Crippen LogP contribution is -2.17. The lowest BCUT2D eigenvalue weighted by molar-refractivity contribution is 0.171. The lowest BCUT2D eigenvalue weighted by atomic mass is 10.1. The molecule has 0 radical (unpaired) electrons. The van der Waals surface area contributed by atoms with Gasteiger partial charge in [0.2, 0.25) is 0 Å². The molecule has 8 heteroatoms. The summed E-state index contributed by atoms with van der Waals surface area (Å²) in [5, 5.41) is 2.06. The van der Waals surface area contributed by atoms with Crippen LogP contribution in [-0.2, 0) is 6.54 Å². The minimum absolute atomic E-state index is 0.291. The fraction of sp³-hybridized carbons (Fsp3) is 0.192. The van der Waals surface area contributed by atoms with E-state index in [-0.39, 0.29) is 5.82 Å². The molecule has 0 unspecified atom stereocenters. The molecule has 0 atom stereocenters. The highest BCUT2D eigenvalue weighted by molar-refractivity contribution is 7.07. The summed E-state index contributed by atoms with van der Waals surface area (Å²) in [6, 6.07) is 17.9. The Balaban J connectivity index is 1.61. The van der Waals surface area contributed by atoms with E-state index in [1.54, 1.807) is 26.4 Å². The van der Waals surface area contributed by atoms with Crippen molar-refractivity contribution < 1.29 is 23.3 Å². The van der Waals surface area contributed by atoms with E-state index < -0.39 is 0 Å². The summed E-state index contributed by atoms with van der Waals surface area (Å²) in [5.41, 5.74) is 3.67. The standard InChI is InChI=1S/C26H23FN2O4S/c1-30-22-9-3-17(13-24(22)31-2)15-29-21(18-4-10-23-25(14-18)33-12-11-32-23)16-34-26(29)28-20-7-5-19(27)6-8-20/h3-10,13-14,16H,11-12,15H2,1-2H3. The number of ether oxygens (including phenoxy) is 4. The van der Waals surface area contributed by atoms with Gasteiger partial charge in [-0.3, -0.25) is 0 Å². The van der Waals surface area contributed by atoms with Crippen LogP contribution in [0.5, 0.6) is 23.0 Å². The molecule has 1 aliphatic heterocycles. The van der Waals surface area contributed by atoms with Crippen molar-refractivity contribution in [2.24, 2.45) is 4.99 Å². The van der Waals surface area contributed by atoms with Gasteiger partial charge in [0.15, 0.2) is 27.8 Å². The fourth-order valence-corrected chi connectivity index (χ4v) is 4.72. The van der Waals surface area contributed by atoms with Gasteiger partial charge in [0, 0.05) is 10.9 Å². The van der Waals surface area contributed by atoms with E-state index in [4.69, 9.17) is 23.9 Å². The Morgan fingerprint density at radius 3 is 2.44 bits per heavy atom. The Morgan fingerprint density at radius 1 is 0.912 bits per heavy atom. The van der Waals surface area contributed by atoms with Crippen molar-refractivity contribution in [1.29, 1.82) is 0 Å². The first-order valence-electron chi connectivity index (χ1n) is 10.7. The van der Waals surface area contributed by atoms with Crippen molar-refractivity contribution in [2.45, 2.75) is 6.54 Å². The van der Waals surface area contributed by atoms with Crippen LogP contribution >= 0.6 is 11.3 Å². The van der Waals surface area contributed by atoms with Gasteiger partial charge in [0.25, 0.3) is 0 Å². The van der Waals surface area contributed by atoms with Gasteiger partial charge in [0.1, 0.15) is 19.0 Å². The number of fused-ring (bicyclic) bond motifs is 1. The van der Waals surface area contributed by atoms with Gasteiger partial charge in [-0.1, -0.05) is 6.07 Å². The van der Waals surface area contributed by atoms with E-state index in [0.29, 0.717) is 36.9 Å².